The van der Waals surface area contributed by atoms with Crippen LogP contribution in [0.15, 0.2) is 30.7 Å². The van der Waals surface area contributed by atoms with E-state index in [2.05, 4.69) is 15.3 Å². The van der Waals surface area contributed by atoms with Crippen molar-refractivity contribution in [2.24, 2.45) is 7.05 Å². The summed E-state index contributed by atoms with van der Waals surface area (Å²) in [6.07, 6.45) is 5.25. The van der Waals surface area contributed by atoms with Crippen LogP contribution < -0.4 is 10.1 Å². The van der Waals surface area contributed by atoms with Crippen molar-refractivity contribution >= 4 is 5.91 Å². The molecule has 0 aromatic carbocycles. The normalized spacial score (nSPS) is 20.4. The third-order valence-corrected chi connectivity index (χ3v) is 4.57. The number of nitrogens with zero attached hydrogens (tertiary/aromatic N) is 4. The number of aromatic nitrogens is 3. The van der Waals surface area contributed by atoms with Crippen molar-refractivity contribution in [3.8, 4) is 5.88 Å². The van der Waals surface area contributed by atoms with Crippen LogP contribution in [-0.2, 0) is 23.1 Å². The van der Waals surface area contributed by atoms with Crippen LogP contribution in [0.1, 0.15) is 24.4 Å². The molecule has 1 N–H and O–H groups in total. The average molecular weight is 359 g/mol. The maximum atomic E-state index is 12.3. The number of imidazole rings is 1. The predicted molar refractivity (Wildman–Crippen MR) is 95.6 cm³/mol. The highest BCUT2D eigenvalue weighted by Crippen LogP contribution is 2.28. The van der Waals surface area contributed by atoms with Gasteiger partial charge in [0.25, 0.3) is 0 Å². The van der Waals surface area contributed by atoms with E-state index >= 15 is 0 Å². The van der Waals surface area contributed by atoms with Gasteiger partial charge in [-0.15, -0.1) is 0 Å². The SMILES string of the molecule is CCN1C(=O)CO[C@@H](CNCc2ccc(OC)nc2)[C@@H]1c1nccn1C. The number of likely N-dealkylation sites (N-methyl/N-ethyl adjacent to an activating group) is 1. The summed E-state index contributed by atoms with van der Waals surface area (Å²) >= 11 is 0. The molecule has 2 aromatic heterocycles. The number of amides is 1. The van der Waals surface area contributed by atoms with Crippen LogP contribution in [0.4, 0.5) is 0 Å². The molecule has 0 spiro atoms. The number of aryl methyl sites for hydroxylation is 1. The molecule has 0 bridgehead atoms. The lowest BCUT2D eigenvalue weighted by Gasteiger charge is -2.40. The van der Waals surface area contributed by atoms with E-state index in [1.165, 1.54) is 0 Å². The minimum absolute atomic E-state index is 0.00361. The molecule has 140 valence electrons. The summed E-state index contributed by atoms with van der Waals surface area (Å²) in [5.74, 6) is 1.42. The highest BCUT2D eigenvalue weighted by molar-refractivity contribution is 5.78. The smallest absolute Gasteiger partial charge is 0.249 e. The van der Waals surface area contributed by atoms with Crippen molar-refractivity contribution in [2.45, 2.75) is 25.6 Å². The number of ether oxygens (including phenoxy) is 2. The largest absolute Gasteiger partial charge is 0.481 e. The highest BCUT2D eigenvalue weighted by atomic mass is 16.5. The van der Waals surface area contributed by atoms with E-state index in [1.807, 2.05) is 41.8 Å². The Morgan fingerprint density at radius 2 is 2.23 bits per heavy atom. The Morgan fingerprint density at radius 1 is 1.38 bits per heavy atom. The fourth-order valence-electron chi connectivity index (χ4n) is 3.21. The van der Waals surface area contributed by atoms with Crippen LogP contribution >= 0.6 is 0 Å². The molecule has 0 unspecified atom stereocenters. The standard InChI is InChI=1S/C18H25N5O3/c1-4-23-16(24)12-26-14(17(23)18-20-7-8-22(18)2)11-19-9-13-5-6-15(25-3)21-10-13/h5-8,10,14,17,19H,4,9,11-12H2,1-3H3/t14-,17+/m0/s1. The van der Waals surface area contributed by atoms with E-state index in [-0.39, 0.29) is 24.7 Å². The number of methoxy groups -OCH3 is 1. The van der Waals surface area contributed by atoms with Gasteiger partial charge in [0.2, 0.25) is 11.8 Å². The number of carbonyl (C=O) groups excluding carboxylic acids is 1. The zero-order chi connectivity index (χ0) is 18.5. The summed E-state index contributed by atoms with van der Waals surface area (Å²) < 4.78 is 12.9. The summed E-state index contributed by atoms with van der Waals surface area (Å²) in [7, 11) is 3.53. The molecule has 1 fully saturated rings. The summed E-state index contributed by atoms with van der Waals surface area (Å²) in [6, 6.07) is 3.60. The van der Waals surface area contributed by atoms with Crippen molar-refractivity contribution in [3.05, 3.63) is 42.1 Å². The fraction of sp³-hybridized carbons (Fsp3) is 0.500. The Bertz CT molecular complexity index is 731. The topological polar surface area (TPSA) is 81.5 Å². The van der Waals surface area contributed by atoms with Crippen molar-refractivity contribution in [2.75, 3.05) is 26.8 Å². The molecule has 8 heteroatoms. The lowest BCUT2D eigenvalue weighted by Crippen LogP contribution is -2.52. The molecule has 0 radical (unpaired) electrons. The second-order valence-corrected chi connectivity index (χ2v) is 6.21. The maximum absolute atomic E-state index is 12.3. The second-order valence-electron chi connectivity index (χ2n) is 6.21. The van der Waals surface area contributed by atoms with E-state index in [0.29, 0.717) is 25.5 Å². The van der Waals surface area contributed by atoms with Crippen LogP contribution in [0.3, 0.4) is 0 Å². The number of morpholine rings is 1. The lowest BCUT2D eigenvalue weighted by molar-refractivity contribution is -0.157. The number of pyridine rings is 1. The van der Waals surface area contributed by atoms with Gasteiger partial charge in [-0.05, 0) is 12.5 Å². The molecular formula is C18H25N5O3. The Kier molecular flexibility index (Phi) is 5.85. The number of hydrogen-bond donors (Lipinski definition) is 1. The van der Waals surface area contributed by atoms with Crippen molar-refractivity contribution < 1.29 is 14.3 Å². The number of nitrogens with one attached hydrogen (secondary N) is 1. The third-order valence-electron chi connectivity index (χ3n) is 4.57. The average Bonchev–Trinajstić information content (AvgIpc) is 3.08. The first-order valence-corrected chi connectivity index (χ1v) is 8.72. The van der Waals surface area contributed by atoms with E-state index in [1.54, 1.807) is 19.5 Å². The quantitative estimate of drug-likeness (QED) is 0.791. The molecule has 2 aromatic rings. The lowest BCUT2D eigenvalue weighted by atomic mass is 10.1. The minimum atomic E-state index is -0.206. The Hall–Kier alpha value is -2.45. The third kappa shape index (κ3) is 3.86. The van der Waals surface area contributed by atoms with Gasteiger partial charge in [-0.25, -0.2) is 9.97 Å². The van der Waals surface area contributed by atoms with Gasteiger partial charge in [-0.3, -0.25) is 4.79 Å². The Labute approximate surface area is 153 Å². The molecule has 1 aliphatic heterocycles. The van der Waals surface area contributed by atoms with Gasteiger partial charge in [0.15, 0.2) is 0 Å². The van der Waals surface area contributed by atoms with Gasteiger partial charge in [0.05, 0.1) is 13.2 Å². The molecule has 0 saturated carbocycles. The minimum Gasteiger partial charge on any atom is -0.481 e. The van der Waals surface area contributed by atoms with E-state index in [0.717, 1.165) is 11.4 Å². The van der Waals surface area contributed by atoms with E-state index in [4.69, 9.17) is 9.47 Å². The molecule has 26 heavy (non-hydrogen) atoms. The first-order chi connectivity index (χ1) is 12.6. The first kappa shape index (κ1) is 18.3. The van der Waals surface area contributed by atoms with Crippen LogP contribution in [-0.4, -0.2) is 58.3 Å². The summed E-state index contributed by atoms with van der Waals surface area (Å²) in [5, 5.41) is 3.40. The van der Waals surface area contributed by atoms with E-state index in [9.17, 15) is 4.79 Å². The van der Waals surface area contributed by atoms with Gasteiger partial charge in [-0.2, -0.15) is 0 Å². The second kappa shape index (κ2) is 8.29. The van der Waals surface area contributed by atoms with Crippen LogP contribution in [0.2, 0.25) is 0 Å². The van der Waals surface area contributed by atoms with Gasteiger partial charge in [-0.1, -0.05) is 6.07 Å². The molecule has 8 nitrogen and oxygen atoms in total. The fourth-order valence-corrected chi connectivity index (χ4v) is 3.21. The first-order valence-electron chi connectivity index (χ1n) is 8.72. The molecular weight excluding hydrogens is 334 g/mol. The van der Waals surface area contributed by atoms with Gasteiger partial charge >= 0.3 is 0 Å². The van der Waals surface area contributed by atoms with Crippen LogP contribution in [0, 0.1) is 0 Å². The molecule has 3 rings (SSSR count). The molecule has 2 atom stereocenters. The van der Waals surface area contributed by atoms with Crippen molar-refractivity contribution in [1.82, 2.24) is 24.8 Å². The molecule has 3 heterocycles. The predicted octanol–water partition coefficient (Wildman–Crippen LogP) is 0.902. The number of hydrogen-bond acceptors (Lipinski definition) is 6. The monoisotopic (exact) mass is 359 g/mol. The van der Waals surface area contributed by atoms with Gasteiger partial charge in [0, 0.05) is 51.3 Å². The summed E-state index contributed by atoms with van der Waals surface area (Å²) in [4.78, 5) is 22.8. The summed E-state index contributed by atoms with van der Waals surface area (Å²) in [5.41, 5.74) is 1.05. The van der Waals surface area contributed by atoms with E-state index < -0.39 is 0 Å². The number of carbonyl (C=O) groups is 1. The summed E-state index contributed by atoms with van der Waals surface area (Å²) in [6.45, 7) is 3.97. The van der Waals surface area contributed by atoms with Crippen LogP contribution in [0.5, 0.6) is 5.88 Å². The van der Waals surface area contributed by atoms with Crippen LogP contribution in [0.25, 0.3) is 0 Å². The molecule has 1 saturated heterocycles. The zero-order valence-electron chi connectivity index (χ0n) is 15.4. The maximum Gasteiger partial charge on any atom is 0.249 e. The highest BCUT2D eigenvalue weighted by Gasteiger charge is 2.38. The Balaban J connectivity index is 1.68. The number of rotatable bonds is 7. The molecule has 1 amide bonds. The van der Waals surface area contributed by atoms with Gasteiger partial charge < -0.3 is 24.3 Å². The van der Waals surface area contributed by atoms with Crippen molar-refractivity contribution in [1.29, 1.82) is 0 Å². The van der Waals surface area contributed by atoms with Gasteiger partial charge in [0.1, 0.15) is 18.5 Å². The molecule has 0 aliphatic carbocycles. The Morgan fingerprint density at radius 3 is 2.85 bits per heavy atom. The zero-order valence-corrected chi connectivity index (χ0v) is 15.4. The van der Waals surface area contributed by atoms with Crippen molar-refractivity contribution in [3.63, 3.8) is 0 Å². The molecule has 1 aliphatic rings.